The van der Waals surface area contributed by atoms with Crippen molar-refractivity contribution in [2.45, 2.75) is 38.5 Å². The van der Waals surface area contributed by atoms with Crippen LogP contribution in [0.5, 0.6) is 5.75 Å². The Morgan fingerprint density at radius 2 is 1.88 bits per heavy atom. The molecular formula is C27H29N3O2. The molecule has 1 amide bonds. The number of aromatic amines is 1. The van der Waals surface area contributed by atoms with Gasteiger partial charge in [-0.25, -0.2) is 0 Å². The maximum absolute atomic E-state index is 13.6. The largest absolute Gasteiger partial charge is 0.497 e. The van der Waals surface area contributed by atoms with E-state index >= 15 is 0 Å². The quantitative estimate of drug-likeness (QED) is 0.443. The minimum atomic E-state index is 0.115. The van der Waals surface area contributed by atoms with Gasteiger partial charge in [0.1, 0.15) is 5.75 Å². The number of amides is 1. The molecular weight excluding hydrogens is 398 g/mol. The van der Waals surface area contributed by atoms with Gasteiger partial charge in [0.15, 0.2) is 0 Å². The number of fused-ring (bicyclic) bond motifs is 2. The van der Waals surface area contributed by atoms with Gasteiger partial charge in [-0.2, -0.15) is 0 Å². The molecule has 0 spiro atoms. The van der Waals surface area contributed by atoms with Gasteiger partial charge < -0.3 is 14.6 Å². The van der Waals surface area contributed by atoms with Crippen molar-refractivity contribution >= 4 is 27.7 Å². The van der Waals surface area contributed by atoms with Crippen molar-refractivity contribution in [1.82, 2.24) is 14.9 Å². The van der Waals surface area contributed by atoms with Crippen LogP contribution in [0.3, 0.4) is 0 Å². The summed E-state index contributed by atoms with van der Waals surface area (Å²) in [7, 11) is 1.70. The van der Waals surface area contributed by atoms with E-state index in [-0.39, 0.29) is 11.8 Å². The van der Waals surface area contributed by atoms with E-state index in [0.717, 1.165) is 59.4 Å². The number of rotatable bonds is 4. The summed E-state index contributed by atoms with van der Waals surface area (Å²) in [5.41, 5.74) is 5.08. The van der Waals surface area contributed by atoms with Crippen molar-refractivity contribution in [3.8, 4) is 5.75 Å². The second kappa shape index (κ2) is 8.30. The highest BCUT2D eigenvalue weighted by Crippen LogP contribution is 2.35. The maximum atomic E-state index is 13.6. The lowest BCUT2D eigenvalue weighted by atomic mass is 9.88. The summed E-state index contributed by atoms with van der Waals surface area (Å²) in [6.07, 6.45) is 4.03. The molecule has 164 valence electrons. The molecule has 5 heteroatoms. The molecule has 1 aliphatic heterocycles. The van der Waals surface area contributed by atoms with Crippen LogP contribution in [0.4, 0.5) is 0 Å². The van der Waals surface area contributed by atoms with Gasteiger partial charge in [-0.1, -0.05) is 32.0 Å². The smallest absolute Gasteiger partial charge is 0.254 e. The highest BCUT2D eigenvalue weighted by molar-refractivity contribution is 6.06. The SMILES string of the molecule is COc1ccc2[nH]cc(C3CCN(C(=O)c4cc(C(C)C)nc5ccccc45)CC3)c2c1. The first kappa shape index (κ1) is 20.6. The number of carbonyl (C=O) groups excluding carboxylic acids is 1. The highest BCUT2D eigenvalue weighted by atomic mass is 16.5. The number of para-hydroxylation sites is 1. The Morgan fingerprint density at radius 1 is 1.09 bits per heavy atom. The summed E-state index contributed by atoms with van der Waals surface area (Å²) in [6, 6.07) is 16.1. The lowest BCUT2D eigenvalue weighted by Gasteiger charge is -2.32. The Bertz CT molecular complexity index is 1280. The monoisotopic (exact) mass is 427 g/mol. The molecule has 3 heterocycles. The van der Waals surface area contributed by atoms with Gasteiger partial charge in [0.25, 0.3) is 5.91 Å². The molecule has 5 nitrogen and oxygen atoms in total. The first-order valence-corrected chi connectivity index (χ1v) is 11.4. The van der Waals surface area contributed by atoms with Crippen LogP contribution in [0.15, 0.2) is 54.7 Å². The van der Waals surface area contributed by atoms with Gasteiger partial charge in [-0.3, -0.25) is 9.78 Å². The summed E-state index contributed by atoms with van der Waals surface area (Å²) in [5, 5.41) is 2.16. The zero-order valence-electron chi connectivity index (χ0n) is 18.9. The van der Waals surface area contributed by atoms with Gasteiger partial charge in [-0.05, 0) is 60.6 Å². The molecule has 0 unspecified atom stereocenters. The molecule has 0 saturated carbocycles. The van der Waals surface area contributed by atoms with Gasteiger partial charge in [0.05, 0.1) is 18.2 Å². The molecule has 1 N–H and O–H groups in total. The van der Waals surface area contributed by atoms with Gasteiger partial charge in [0.2, 0.25) is 0 Å². The minimum Gasteiger partial charge on any atom is -0.497 e. The van der Waals surface area contributed by atoms with E-state index in [2.05, 4.69) is 37.2 Å². The maximum Gasteiger partial charge on any atom is 0.254 e. The number of hydrogen-bond acceptors (Lipinski definition) is 3. The zero-order chi connectivity index (χ0) is 22.2. The Kier molecular flexibility index (Phi) is 5.33. The first-order chi connectivity index (χ1) is 15.5. The van der Waals surface area contributed by atoms with E-state index in [1.54, 1.807) is 7.11 Å². The standard InChI is InChI=1S/C27H29N3O2/c1-17(2)26-15-22(20-6-4-5-7-25(20)29-26)27(31)30-12-10-18(11-13-30)23-16-28-24-9-8-19(32-3)14-21(23)24/h4-9,14-18,28H,10-13H2,1-3H3. The number of nitrogens with one attached hydrogen (secondary N) is 1. The number of aromatic nitrogens is 2. The van der Waals surface area contributed by atoms with Crippen LogP contribution < -0.4 is 4.74 Å². The second-order valence-corrected chi connectivity index (χ2v) is 8.99. The van der Waals surface area contributed by atoms with Crippen LogP contribution in [0, 0.1) is 0 Å². The van der Waals surface area contributed by atoms with E-state index in [0.29, 0.717) is 5.92 Å². The molecule has 32 heavy (non-hydrogen) atoms. The fourth-order valence-electron chi connectivity index (χ4n) is 4.82. The number of piperidine rings is 1. The molecule has 1 aliphatic rings. The van der Waals surface area contributed by atoms with Crippen LogP contribution in [0.1, 0.15) is 60.1 Å². The fourth-order valence-corrected chi connectivity index (χ4v) is 4.82. The first-order valence-electron chi connectivity index (χ1n) is 11.4. The number of methoxy groups -OCH3 is 1. The summed E-state index contributed by atoms with van der Waals surface area (Å²) in [5.74, 6) is 1.69. The number of carbonyl (C=O) groups is 1. The Balaban J connectivity index is 1.39. The van der Waals surface area contributed by atoms with Crippen LogP contribution in [-0.2, 0) is 0 Å². The molecule has 5 rings (SSSR count). The Labute approximate surface area is 188 Å². The lowest BCUT2D eigenvalue weighted by Crippen LogP contribution is -2.38. The number of hydrogen-bond donors (Lipinski definition) is 1. The molecule has 0 radical (unpaired) electrons. The molecule has 0 aliphatic carbocycles. The second-order valence-electron chi connectivity index (χ2n) is 8.99. The van der Waals surface area contributed by atoms with Crippen molar-refractivity contribution in [1.29, 1.82) is 0 Å². The van der Waals surface area contributed by atoms with Gasteiger partial charge in [0, 0.05) is 41.3 Å². The average molecular weight is 428 g/mol. The van der Waals surface area contributed by atoms with Gasteiger partial charge in [-0.15, -0.1) is 0 Å². The van der Waals surface area contributed by atoms with Crippen molar-refractivity contribution < 1.29 is 9.53 Å². The lowest BCUT2D eigenvalue weighted by molar-refractivity contribution is 0.0715. The summed E-state index contributed by atoms with van der Waals surface area (Å²) in [6.45, 7) is 5.75. The van der Waals surface area contributed by atoms with Crippen LogP contribution in [0.25, 0.3) is 21.8 Å². The van der Waals surface area contributed by atoms with Crippen molar-refractivity contribution in [2.75, 3.05) is 20.2 Å². The third-order valence-electron chi connectivity index (χ3n) is 6.70. The van der Waals surface area contributed by atoms with E-state index in [1.807, 2.05) is 41.3 Å². The number of nitrogens with zero attached hydrogens (tertiary/aromatic N) is 2. The van der Waals surface area contributed by atoms with E-state index in [1.165, 1.54) is 10.9 Å². The molecule has 2 aromatic carbocycles. The third kappa shape index (κ3) is 3.62. The molecule has 4 aromatic rings. The van der Waals surface area contributed by atoms with Crippen LogP contribution in [-0.4, -0.2) is 41.0 Å². The Morgan fingerprint density at radius 3 is 2.62 bits per heavy atom. The fraction of sp³-hybridized carbons (Fsp3) is 0.333. The number of H-pyrrole nitrogens is 1. The molecule has 2 aromatic heterocycles. The summed E-state index contributed by atoms with van der Waals surface area (Å²) in [4.78, 5) is 23.7. The van der Waals surface area contributed by atoms with Crippen molar-refractivity contribution in [3.63, 3.8) is 0 Å². The van der Waals surface area contributed by atoms with Gasteiger partial charge >= 0.3 is 0 Å². The van der Waals surface area contributed by atoms with E-state index < -0.39 is 0 Å². The summed E-state index contributed by atoms with van der Waals surface area (Å²) < 4.78 is 5.42. The minimum absolute atomic E-state index is 0.115. The number of likely N-dealkylation sites (tertiary alicyclic amines) is 1. The van der Waals surface area contributed by atoms with Crippen LogP contribution in [0.2, 0.25) is 0 Å². The highest BCUT2D eigenvalue weighted by Gasteiger charge is 2.27. The van der Waals surface area contributed by atoms with Crippen molar-refractivity contribution in [3.05, 3.63) is 71.5 Å². The van der Waals surface area contributed by atoms with Crippen molar-refractivity contribution in [2.24, 2.45) is 0 Å². The number of pyridine rings is 1. The number of benzene rings is 2. The zero-order valence-corrected chi connectivity index (χ0v) is 18.9. The predicted molar refractivity (Wildman–Crippen MR) is 129 cm³/mol. The Hall–Kier alpha value is -3.34. The predicted octanol–water partition coefficient (Wildman–Crippen LogP) is 5.87. The van der Waals surface area contributed by atoms with E-state index in [4.69, 9.17) is 9.72 Å². The molecule has 1 saturated heterocycles. The molecule has 0 bridgehead atoms. The normalized spacial score (nSPS) is 15.1. The molecule has 0 atom stereocenters. The average Bonchev–Trinajstić information content (AvgIpc) is 3.26. The number of ether oxygens (including phenoxy) is 1. The van der Waals surface area contributed by atoms with E-state index in [9.17, 15) is 4.79 Å². The summed E-state index contributed by atoms with van der Waals surface area (Å²) >= 11 is 0. The molecule has 1 fully saturated rings. The van der Waals surface area contributed by atoms with Crippen LogP contribution >= 0.6 is 0 Å². The topological polar surface area (TPSA) is 58.2 Å². The third-order valence-corrected chi connectivity index (χ3v) is 6.70.